The first kappa shape index (κ1) is 13.6. The maximum absolute atomic E-state index is 13.2. The van der Waals surface area contributed by atoms with Crippen molar-refractivity contribution in [3.05, 3.63) is 35.4 Å². The van der Waals surface area contributed by atoms with Gasteiger partial charge in [0.1, 0.15) is 11.6 Å². The zero-order chi connectivity index (χ0) is 12.0. The maximum atomic E-state index is 13.2. The van der Waals surface area contributed by atoms with Crippen LogP contribution in [0.2, 0.25) is 0 Å². The molecule has 0 saturated carbocycles. The van der Waals surface area contributed by atoms with Crippen LogP contribution in [0.3, 0.4) is 0 Å². The quantitative estimate of drug-likeness (QED) is 0.624. The molecule has 1 N–H and O–H groups in total. The zero-order valence-corrected chi connectivity index (χ0v) is 10.9. The van der Waals surface area contributed by atoms with E-state index in [4.69, 9.17) is 0 Å². The van der Waals surface area contributed by atoms with Crippen molar-refractivity contribution in [2.75, 3.05) is 6.54 Å². The summed E-state index contributed by atoms with van der Waals surface area (Å²) in [5.74, 6) is -1.02. The van der Waals surface area contributed by atoms with Crippen molar-refractivity contribution in [2.24, 2.45) is 0 Å². The Morgan fingerprint density at radius 1 is 1.38 bits per heavy atom. The van der Waals surface area contributed by atoms with E-state index in [0.29, 0.717) is 16.9 Å². The molecule has 1 atom stereocenters. The molecule has 0 bridgehead atoms. The van der Waals surface area contributed by atoms with E-state index in [0.717, 1.165) is 25.5 Å². The average molecular weight is 292 g/mol. The number of hydrogen-bond donors (Lipinski definition) is 1. The second kappa shape index (κ2) is 6.97. The van der Waals surface area contributed by atoms with Crippen LogP contribution in [0.4, 0.5) is 8.78 Å². The van der Waals surface area contributed by atoms with Crippen molar-refractivity contribution in [2.45, 2.75) is 31.1 Å². The number of nitrogens with one attached hydrogen (secondary N) is 1. The second-order valence-corrected chi connectivity index (χ2v) is 5.00. The van der Waals surface area contributed by atoms with Gasteiger partial charge in [-0.3, -0.25) is 0 Å². The van der Waals surface area contributed by atoms with Crippen LogP contribution in [0.25, 0.3) is 0 Å². The molecular formula is C12H16BrF2N. The van der Waals surface area contributed by atoms with Crippen molar-refractivity contribution in [3.8, 4) is 0 Å². The summed E-state index contributed by atoms with van der Waals surface area (Å²) < 4.78 is 25.8. The second-order valence-electron chi connectivity index (χ2n) is 3.71. The highest BCUT2D eigenvalue weighted by Gasteiger charge is 2.04. The third kappa shape index (κ3) is 4.58. The summed E-state index contributed by atoms with van der Waals surface area (Å²) in [6.07, 6.45) is 2.08. The Bertz CT molecular complexity index is 331. The van der Waals surface area contributed by atoms with Gasteiger partial charge in [-0.15, -0.1) is 0 Å². The molecule has 0 aliphatic rings. The molecule has 0 amide bonds. The van der Waals surface area contributed by atoms with Crippen LogP contribution in [0.15, 0.2) is 18.2 Å². The molecule has 1 aromatic rings. The van der Waals surface area contributed by atoms with Gasteiger partial charge < -0.3 is 5.32 Å². The molecular weight excluding hydrogens is 276 g/mol. The van der Waals surface area contributed by atoms with Crippen molar-refractivity contribution in [3.63, 3.8) is 0 Å². The van der Waals surface area contributed by atoms with Crippen LogP contribution in [0, 0.1) is 11.6 Å². The Kier molecular flexibility index (Phi) is 5.91. The number of alkyl halides is 1. The van der Waals surface area contributed by atoms with E-state index in [-0.39, 0.29) is 0 Å². The van der Waals surface area contributed by atoms with Gasteiger partial charge in [0.05, 0.1) is 0 Å². The normalized spacial score (nSPS) is 12.8. The molecule has 1 nitrogen and oxygen atoms in total. The van der Waals surface area contributed by atoms with Crippen molar-refractivity contribution in [1.82, 2.24) is 5.32 Å². The highest BCUT2D eigenvalue weighted by Crippen LogP contribution is 2.10. The van der Waals surface area contributed by atoms with Crippen LogP contribution in [0.5, 0.6) is 0 Å². The molecule has 1 aromatic carbocycles. The lowest BCUT2D eigenvalue weighted by atomic mass is 10.2. The van der Waals surface area contributed by atoms with Gasteiger partial charge in [-0.2, -0.15) is 0 Å². The van der Waals surface area contributed by atoms with E-state index in [2.05, 4.69) is 28.2 Å². The fraction of sp³-hybridized carbons (Fsp3) is 0.500. The van der Waals surface area contributed by atoms with E-state index in [9.17, 15) is 8.78 Å². The topological polar surface area (TPSA) is 12.0 Å². The molecule has 4 heteroatoms. The van der Waals surface area contributed by atoms with Gasteiger partial charge in [0.2, 0.25) is 0 Å². The molecule has 0 fully saturated rings. The highest BCUT2D eigenvalue weighted by molar-refractivity contribution is 9.09. The van der Waals surface area contributed by atoms with Gasteiger partial charge in [0.25, 0.3) is 0 Å². The molecule has 0 radical (unpaired) electrons. The molecule has 0 aliphatic carbocycles. The lowest BCUT2D eigenvalue weighted by molar-refractivity contribution is 0.556. The lowest BCUT2D eigenvalue weighted by Crippen LogP contribution is -2.18. The number of hydrogen-bond acceptors (Lipinski definition) is 1. The van der Waals surface area contributed by atoms with Crippen LogP contribution < -0.4 is 5.32 Å². The Morgan fingerprint density at radius 3 is 2.75 bits per heavy atom. The minimum Gasteiger partial charge on any atom is -0.313 e. The number of rotatable bonds is 6. The van der Waals surface area contributed by atoms with E-state index in [1.807, 2.05) is 0 Å². The zero-order valence-electron chi connectivity index (χ0n) is 9.27. The fourth-order valence-corrected chi connectivity index (χ4v) is 1.58. The molecule has 16 heavy (non-hydrogen) atoms. The fourth-order valence-electron chi connectivity index (χ4n) is 1.35. The van der Waals surface area contributed by atoms with Crippen LogP contribution in [-0.2, 0) is 6.54 Å². The summed E-state index contributed by atoms with van der Waals surface area (Å²) in [6.45, 7) is 3.37. The standard InChI is InChI=1S/C12H16BrF2N/c1-2-10(13)5-6-16-8-9-3-4-11(14)7-12(9)15/h3-4,7,10,16H,2,5-6,8H2,1H3. The minimum atomic E-state index is -0.534. The summed E-state index contributed by atoms with van der Waals surface area (Å²) in [5, 5.41) is 3.13. The third-order valence-electron chi connectivity index (χ3n) is 2.41. The predicted molar refractivity (Wildman–Crippen MR) is 65.7 cm³/mol. The van der Waals surface area contributed by atoms with Gasteiger partial charge in [-0.25, -0.2) is 8.78 Å². The monoisotopic (exact) mass is 291 g/mol. The summed E-state index contributed by atoms with van der Waals surface area (Å²) in [7, 11) is 0. The van der Waals surface area contributed by atoms with Crippen LogP contribution in [0.1, 0.15) is 25.3 Å². The molecule has 0 spiro atoms. The first-order chi connectivity index (χ1) is 7.63. The minimum absolute atomic E-state index is 0.440. The van der Waals surface area contributed by atoms with E-state index < -0.39 is 11.6 Å². The van der Waals surface area contributed by atoms with E-state index >= 15 is 0 Å². The number of benzene rings is 1. The predicted octanol–water partition coefficient (Wildman–Crippen LogP) is 3.62. The van der Waals surface area contributed by atoms with Crippen LogP contribution >= 0.6 is 15.9 Å². The van der Waals surface area contributed by atoms with Gasteiger partial charge in [-0.1, -0.05) is 28.9 Å². The molecule has 0 aromatic heterocycles. The van der Waals surface area contributed by atoms with Gasteiger partial charge in [0, 0.05) is 23.0 Å². The Balaban J connectivity index is 2.32. The van der Waals surface area contributed by atoms with Gasteiger partial charge in [0.15, 0.2) is 0 Å². The summed E-state index contributed by atoms with van der Waals surface area (Å²) in [6, 6.07) is 3.67. The average Bonchev–Trinajstić information content (AvgIpc) is 2.26. The number of halogens is 3. The van der Waals surface area contributed by atoms with Crippen molar-refractivity contribution < 1.29 is 8.78 Å². The molecule has 0 heterocycles. The molecule has 1 unspecified atom stereocenters. The van der Waals surface area contributed by atoms with E-state index in [1.54, 1.807) is 0 Å². The van der Waals surface area contributed by atoms with Gasteiger partial charge in [-0.05, 0) is 25.5 Å². The molecule has 0 aliphatic heterocycles. The largest absolute Gasteiger partial charge is 0.313 e. The van der Waals surface area contributed by atoms with Crippen molar-refractivity contribution in [1.29, 1.82) is 0 Å². The molecule has 0 saturated heterocycles. The third-order valence-corrected chi connectivity index (χ3v) is 3.51. The van der Waals surface area contributed by atoms with Crippen LogP contribution in [-0.4, -0.2) is 11.4 Å². The Morgan fingerprint density at radius 2 is 2.12 bits per heavy atom. The first-order valence-electron chi connectivity index (χ1n) is 5.42. The summed E-state index contributed by atoms with van der Waals surface area (Å²) in [4.78, 5) is 0.498. The van der Waals surface area contributed by atoms with E-state index in [1.165, 1.54) is 12.1 Å². The molecule has 1 rings (SSSR count). The summed E-state index contributed by atoms with van der Waals surface area (Å²) in [5.41, 5.74) is 0.504. The molecule has 90 valence electrons. The summed E-state index contributed by atoms with van der Waals surface area (Å²) >= 11 is 3.52. The van der Waals surface area contributed by atoms with Gasteiger partial charge >= 0.3 is 0 Å². The van der Waals surface area contributed by atoms with Crippen molar-refractivity contribution >= 4 is 15.9 Å². The Hall–Kier alpha value is -0.480. The lowest BCUT2D eigenvalue weighted by Gasteiger charge is -2.08. The first-order valence-corrected chi connectivity index (χ1v) is 6.33. The Labute approximate surface area is 103 Å². The maximum Gasteiger partial charge on any atom is 0.130 e. The smallest absolute Gasteiger partial charge is 0.130 e. The SMILES string of the molecule is CCC(Br)CCNCc1ccc(F)cc1F. The highest BCUT2D eigenvalue weighted by atomic mass is 79.9.